The Bertz CT molecular complexity index is 497. The van der Waals surface area contributed by atoms with Crippen LogP contribution in [0.5, 0.6) is 0 Å². The first-order valence-electron chi connectivity index (χ1n) is 4.77. The number of para-hydroxylation sites is 1. The lowest BCUT2D eigenvalue weighted by atomic mass is 10.1. The first kappa shape index (κ1) is 11.4. The zero-order valence-corrected chi connectivity index (χ0v) is 8.57. The molecule has 1 aromatic heterocycles. The minimum atomic E-state index is -4.40. The first-order chi connectivity index (χ1) is 8.07. The molecule has 1 heterocycles. The van der Waals surface area contributed by atoms with Gasteiger partial charge in [-0.1, -0.05) is 12.1 Å². The van der Waals surface area contributed by atoms with Gasteiger partial charge in [0, 0.05) is 12.4 Å². The predicted molar refractivity (Wildman–Crippen MR) is 56.8 cm³/mol. The molecule has 0 fully saturated rings. The number of anilines is 2. The van der Waals surface area contributed by atoms with E-state index in [9.17, 15) is 13.2 Å². The van der Waals surface area contributed by atoms with E-state index in [1.54, 1.807) is 6.07 Å². The maximum Gasteiger partial charge on any atom is 0.418 e. The largest absolute Gasteiger partial charge is 0.418 e. The van der Waals surface area contributed by atoms with Crippen LogP contribution in [0.3, 0.4) is 0 Å². The third kappa shape index (κ3) is 2.72. The van der Waals surface area contributed by atoms with Crippen molar-refractivity contribution in [2.45, 2.75) is 6.18 Å². The quantitative estimate of drug-likeness (QED) is 0.874. The van der Waals surface area contributed by atoms with E-state index < -0.39 is 11.7 Å². The highest BCUT2D eigenvalue weighted by Crippen LogP contribution is 2.35. The van der Waals surface area contributed by atoms with E-state index in [0.717, 1.165) is 6.07 Å². The number of aromatic nitrogens is 2. The van der Waals surface area contributed by atoms with Crippen molar-refractivity contribution in [2.24, 2.45) is 0 Å². The molecule has 0 saturated carbocycles. The fraction of sp³-hybridized carbons (Fsp3) is 0.0909. The lowest BCUT2D eigenvalue weighted by Crippen LogP contribution is -2.09. The van der Waals surface area contributed by atoms with Gasteiger partial charge in [0.05, 0.1) is 11.3 Å². The van der Waals surface area contributed by atoms with Gasteiger partial charge in [-0.3, -0.25) is 0 Å². The van der Waals surface area contributed by atoms with Crippen molar-refractivity contribution in [1.82, 2.24) is 9.97 Å². The first-order valence-corrected chi connectivity index (χ1v) is 4.77. The minimum absolute atomic E-state index is 0.0637. The molecule has 0 unspecified atom stereocenters. The highest BCUT2D eigenvalue weighted by Gasteiger charge is 2.33. The average molecular weight is 239 g/mol. The van der Waals surface area contributed by atoms with Crippen LogP contribution in [0.1, 0.15) is 5.56 Å². The number of nitrogens with zero attached hydrogens (tertiary/aromatic N) is 2. The highest BCUT2D eigenvalue weighted by atomic mass is 19.4. The maximum absolute atomic E-state index is 12.7. The SMILES string of the molecule is FC(F)(F)c1ccccc1Nc1ncccn1. The second-order valence-electron chi connectivity index (χ2n) is 3.24. The van der Waals surface area contributed by atoms with Gasteiger partial charge in [-0.25, -0.2) is 9.97 Å². The average Bonchev–Trinajstić information content (AvgIpc) is 2.30. The van der Waals surface area contributed by atoms with Crippen LogP contribution in [-0.2, 0) is 6.18 Å². The molecule has 0 bridgehead atoms. The summed E-state index contributed by atoms with van der Waals surface area (Å²) in [6.45, 7) is 0. The molecule has 2 rings (SSSR count). The summed E-state index contributed by atoms with van der Waals surface area (Å²) in [5.74, 6) is 0.129. The van der Waals surface area contributed by atoms with E-state index in [2.05, 4.69) is 15.3 Å². The molecule has 0 aliphatic carbocycles. The van der Waals surface area contributed by atoms with Gasteiger partial charge in [0.15, 0.2) is 0 Å². The van der Waals surface area contributed by atoms with Gasteiger partial charge < -0.3 is 5.32 Å². The summed E-state index contributed by atoms with van der Waals surface area (Å²) >= 11 is 0. The monoisotopic (exact) mass is 239 g/mol. The van der Waals surface area contributed by atoms with Crippen molar-refractivity contribution in [3.05, 3.63) is 48.3 Å². The van der Waals surface area contributed by atoms with Gasteiger partial charge in [0.1, 0.15) is 0 Å². The standard InChI is InChI=1S/C11H8F3N3/c12-11(13,14)8-4-1-2-5-9(8)17-10-15-6-3-7-16-10/h1-7H,(H,15,16,17). The summed E-state index contributed by atoms with van der Waals surface area (Å²) in [7, 11) is 0. The van der Waals surface area contributed by atoms with E-state index in [1.807, 2.05) is 0 Å². The molecular weight excluding hydrogens is 231 g/mol. The topological polar surface area (TPSA) is 37.8 Å². The van der Waals surface area contributed by atoms with E-state index in [0.29, 0.717) is 0 Å². The Morgan fingerprint density at radius 2 is 1.59 bits per heavy atom. The number of hydrogen-bond donors (Lipinski definition) is 1. The number of hydrogen-bond acceptors (Lipinski definition) is 3. The number of nitrogens with one attached hydrogen (secondary N) is 1. The fourth-order valence-corrected chi connectivity index (χ4v) is 1.32. The summed E-state index contributed by atoms with van der Waals surface area (Å²) < 4.78 is 38.0. The van der Waals surface area contributed by atoms with Crippen molar-refractivity contribution in [3.63, 3.8) is 0 Å². The lowest BCUT2D eigenvalue weighted by Gasteiger charge is -2.12. The molecule has 0 aliphatic heterocycles. The van der Waals surface area contributed by atoms with E-state index >= 15 is 0 Å². The molecule has 6 heteroatoms. The molecule has 0 saturated heterocycles. The molecule has 0 spiro atoms. The smallest absolute Gasteiger partial charge is 0.324 e. The predicted octanol–water partition coefficient (Wildman–Crippen LogP) is 3.24. The molecule has 17 heavy (non-hydrogen) atoms. The van der Waals surface area contributed by atoms with Crippen LogP contribution in [0.25, 0.3) is 0 Å². The molecule has 3 nitrogen and oxygen atoms in total. The molecule has 1 aromatic carbocycles. The van der Waals surface area contributed by atoms with Crippen LogP contribution in [-0.4, -0.2) is 9.97 Å². The molecule has 2 aromatic rings. The van der Waals surface area contributed by atoms with Crippen LogP contribution in [0.2, 0.25) is 0 Å². The van der Waals surface area contributed by atoms with Crippen LogP contribution in [0.4, 0.5) is 24.8 Å². The van der Waals surface area contributed by atoms with Crippen molar-refractivity contribution >= 4 is 11.6 Å². The second kappa shape index (κ2) is 4.40. The highest BCUT2D eigenvalue weighted by molar-refractivity contribution is 5.59. The van der Waals surface area contributed by atoms with Crippen molar-refractivity contribution in [1.29, 1.82) is 0 Å². The maximum atomic E-state index is 12.7. The summed E-state index contributed by atoms with van der Waals surface area (Å²) in [6, 6.07) is 6.77. The van der Waals surface area contributed by atoms with Crippen LogP contribution in [0.15, 0.2) is 42.7 Å². The normalized spacial score (nSPS) is 11.2. The fourth-order valence-electron chi connectivity index (χ4n) is 1.32. The third-order valence-corrected chi connectivity index (χ3v) is 2.04. The Balaban J connectivity index is 2.34. The zero-order valence-electron chi connectivity index (χ0n) is 8.57. The molecule has 1 N–H and O–H groups in total. The van der Waals surface area contributed by atoms with Crippen LogP contribution >= 0.6 is 0 Å². The van der Waals surface area contributed by atoms with Crippen molar-refractivity contribution in [3.8, 4) is 0 Å². The van der Waals surface area contributed by atoms with Crippen molar-refractivity contribution < 1.29 is 13.2 Å². The van der Waals surface area contributed by atoms with Crippen LogP contribution < -0.4 is 5.32 Å². The number of halogens is 3. The Kier molecular flexibility index (Phi) is 2.95. The summed E-state index contributed by atoms with van der Waals surface area (Å²) in [5, 5.41) is 2.54. The minimum Gasteiger partial charge on any atom is -0.324 e. The Hall–Kier alpha value is -2.11. The molecular formula is C11H8F3N3. The molecule has 0 aliphatic rings. The third-order valence-electron chi connectivity index (χ3n) is 2.04. The van der Waals surface area contributed by atoms with Gasteiger partial charge in [-0.05, 0) is 18.2 Å². The van der Waals surface area contributed by atoms with Crippen molar-refractivity contribution in [2.75, 3.05) is 5.32 Å². The van der Waals surface area contributed by atoms with Gasteiger partial charge in [0.2, 0.25) is 5.95 Å². The van der Waals surface area contributed by atoms with E-state index in [4.69, 9.17) is 0 Å². The number of benzene rings is 1. The van der Waals surface area contributed by atoms with Gasteiger partial charge in [-0.2, -0.15) is 13.2 Å². The van der Waals surface area contributed by atoms with E-state index in [1.165, 1.54) is 30.6 Å². The Labute approximate surface area is 95.3 Å². The lowest BCUT2D eigenvalue weighted by molar-refractivity contribution is -0.136. The number of alkyl halides is 3. The Morgan fingerprint density at radius 1 is 0.941 bits per heavy atom. The Morgan fingerprint density at radius 3 is 2.24 bits per heavy atom. The summed E-state index contributed by atoms with van der Waals surface area (Å²) in [4.78, 5) is 7.62. The summed E-state index contributed by atoms with van der Waals surface area (Å²) in [6.07, 6.45) is -1.50. The summed E-state index contributed by atoms with van der Waals surface area (Å²) in [5.41, 5.74) is -0.807. The second-order valence-corrected chi connectivity index (χ2v) is 3.24. The zero-order chi connectivity index (χ0) is 12.3. The van der Waals surface area contributed by atoms with Crippen LogP contribution in [0, 0.1) is 0 Å². The van der Waals surface area contributed by atoms with E-state index in [-0.39, 0.29) is 11.6 Å². The molecule has 0 amide bonds. The van der Waals surface area contributed by atoms with Gasteiger partial charge >= 0.3 is 6.18 Å². The molecule has 88 valence electrons. The van der Waals surface area contributed by atoms with Gasteiger partial charge in [-0.15, -0.1) is 0 Å². The number of rotatable bonds is 2. The van der Waals surface area contributed by atoms with Gasteiger partial charge in [0.25, 0.3) is 0 Å². The molecule has 0 radical (unpaired) electrons. The molecule has 0 atom stereocenters.